The van der Waals surface area contributed by atoms with Crippen LogP contribution in [-0.4, -0.2) is 30.3 Å². The summed E-state index contributed by atoms with van der Waals surface area (Å²) in [5.74, 6) is 1.32. The molecule has 0 heterocycles. The molecule has 1 fully saturated rings. The van der Waals surface area contributed by atoms with Crippen molar-refractivity contribution >= 4 is 5.78 Å². The van der Waals surface area contributed by atoms with Gasteiger partial charge in [0, 0.05) is 13.0 Å². The van der Waals surface area contributed by atoms with E-state index in [2.05, 4.69) is 11.8 Å². The molecular formula is C13H25NO. The Labute approximate surface area is 94.0 Å². The molecule has 0 radical (unpaired) electrons. The van der Waals surface area contributed by atoms with Crippen LogP contribution in [0.2, 0.25) is 0 Å². The molecule has 2 nitrogen and oxygen atoms in total. The number of hydrogen-bond acceptors (Lipinski definition) is 2. The molecule has 1 rings (SSSR count). The largest absolute Gasteiger partial charge is 0.303 e. The van der Waals surface area contributed by atoms with Gasteiger partial charge >= 0.3 is 0 Å². The zero-order valence-corrected chi connectivity index (χ0v) is 10.3. The third-order valence-corrected chi connectivity index (χ3v) is 3.01. The Balaban J connectivity index is 2.04. The van der Waals surface area contributed by atoms with E-state index in [4.69, 9.17) is 0 Å². The molecule has 1 aliphatic carbocycles. The molecule has 0 unspecified atom stereocenters. The molecule has 0 atom stereocenters. The molecule has 0 aromatic rings. The van der Waals surface area contributed by atoms with Gasteiger partial charge in [-0.15, -0.1) is 0 Å². The van der Waals surface area contributed by atoms with E-state index in [1.54, 1.807) is 6.92 Å². The van der Waals surface area contributed by atoms with E-state index in [1.165, 1.54) is 45.3 Å². The van der Waals surface area contributed by atoms with Gasteiger partial charge < -0.3 is 9.69 Å². The highest BCUT2D eigenvalue weighted by Crippen LogP contribution is 2.29. The number of rotatable bonds is 9. The van der Waals surface area contributed by atoms with Crippen molar-refractivity contribution in [2.75, 3.05) is 19.6 Å². The Morgan fingerprint density at radius 1 is 1.27 bits per heavy atom. The maximum absolute atomic E-state index is 10.8. The Kier molecular flexibility index (Phi) is 5.92. The fraction of sp³-hybridized carbons (Fsp3) is 0.923. The van der Waals surface area contributed by atoms with Crippen LogP contribution in [0, 0.1) is 5.92 Å². The van der Waals surface area contributed by atoms with Crippen LogP contribution < -0.4 is 0 Å². The normalized spacial score (nSPS) is 15.9. The second-order valence-corrected chi connectivity index (χ2v) is 4.90. The smallest absolute Gasteiger partial charge is 0.129 e. The summed E-state index contributed by atoms with van der Waals surface area (Å²) in [7, 11) is 0. The number of carbonyl (C=O) groups excluding carboxylic acids is 1. The average molecular weight is 211 g/mol. The van der Waals surface area contributed by atoms with Gasteiger partial charge in [-0.2, -0.15) is 0 Å². The second kappa shape index (κ2) is 7.00. The van der Waals surface area contributed by atoms with Gasteiger partial charge in [-0.1, -0.05) is 6.92 Å². The topological polar surface area (TPSA) is 20.3 Å². The van der Waals surface area contributed by atoms with Crippen molar-refractivity contribution in [3.8, 4) is 0 Å². The lowest BCUT2D eigenvalue weighted by Gasteiger charge is -2.21. The first-order valence-electron chi connectivity index (χ1n) is 6.44. The molecule has 0 saturated heterocycles. The van der Waals surface area contributed by atoms with Crippen molar-refractivity contribution in [3.05, 3.63) is 0 Å². The van der Waals surface area contributed by atoms with E-state index in [0.717, 1.165) is 18.8 Å². The van der Waals surface area contributed by atoms with Crippen LogP contribution in [0.15, 0.2) is 0 Å². The first kappa shape index (κ1) is 12.7. The fourth-order valence-electron chi connectivity index (χ4n) is 1.99. The summed E-state index contributed by atoms with van der Waals surface area (Å²) >= 11 is 0. The van der Waals surface area contributed by atoms with Crippen molar-refractivity contribution in [3.63, 3.8) is 0 Å². The maximum Gasteiger partial charge on any atom is 0.129 e. The Bertz CT molecular complexity index is 187. The van der Waals surface area contributed by atoms with Gasteiger partial charge in [0.15, 0.2) is 0 Å². The van der Waals surface area contributed by atoms with Crippen molar-refractivity contribution < 1.29 is 4.79 Å². The predicted molar refractivity (Wildman–Crippen MR) is 64.0 cm³/mol. The van der Waals surface area contributed by atoms with Crippen LogP contribution >= 0.6 is 0 Å². The summed E-state index contributed by atoms with van der Waals surface area (Å²) < 4.78 is 0. The Morgan fingerprint density at radius 3 is 2.53 bits per heavy atom. The van der Waals surface area contributed by atoms with Gasteiger partial charge in [0.2, 0.25) is 0 Å². The van der Waals surface area contributed by atoms with E-state index in [0.29, 0.717) is 5.78 Å². The molecule has 0 bridgehead atoms. The fourth-order valence-corrected chi connectivity index (χ4v) is 1.99. The minimum absolute atomic E-state index is 0.333. The van der Waals surface area contributed by atoms with Crippen molar-refractivity contribution in [2.24, 2.45) is 5.92 Å². The van der Waals surface area contributed by atoms with E-state index >= 15 is 0 Å². The standard InChI is InChI=1S/C13H25NO/c1-3-9-14(11-13-7-8-13)10-5-4-6-12(2)15/h13H,3-11H2,1-2H3. The predicted octanol–water partition coefficient (Wildman–Crippen LogP) is 2.87. The second-order valence-electron chi connectivity index (χ2n) is 4.90. The van der Waals surface area contributed by atoms with Gasteiger partial charge in [0.05, 0.1) is 0 Å². The van der Waals surface area contributed by atoms with Gasteiger partial charge in [-0.3, -0.25) is 0 Å². The molecule has 0 aliphatic heterocycles. The molecule has 0 N–H and O–H groups in total. The molecule has 1 aliphatic rings. The Morgan fingerprint density at radius 2 is 2.00 bits per heavy atom. The molecule has 2 heteroatoms. The van der Waals surface area contributed by atoms with Crippen LogP contribution in [0.1, 0.15) is 52.4 Å². The summed E-state index contributed by atoms with van der Waals surface area (Å²) in [5.41, 5.74) is 0. The van der Waals surface area contributed by atoms with E-state index < -0.39 is 0 Å². The van der Waals surface area contributed by atoms with Crippen molar-refractivity contribution in [1.29, 1.82) is 0 Å². The van der Waals surface area contributed by atoms with Gasteiger partial charge in [-0.25, -0.2) is 0 Å². The summed E-state index contributed by atoms with van der Waals surface area (Å²) in [6.45, 7) is 7.66. The molecule has 88 valence electrons. The lowest BCUT2D eigenvalue weighted by atomic mass is 10.2. The molecule has 0 spiro atoms. The van der Waals surface area contributed by atoms with E-state index in [-0.39, 0.29) is 0 Å². The van der Waals surface area contributed by atoms with Gasteiger partial charge in [0.1, 0.15) is 5.78 Å². The Hall–Kier alpha value is -0.370. The lowest BCUT2D eigenvalue weighted by molar-refractivity contribution is -0.117. The lowest BCUT2D eigenvalue weighted by Crippen LogP contribution is -2.28. The summed E-state index contributed by atoms with van der Waals surface area (Å²) in [4.78, 5) is 13.4. The van der Waals surface area contributed by atoms with Crippen LogP contribution in [0.3, 0.4) is 0 Å². The van der Waals surface area contributed by atoms with Crippen LogP contribution in [0.4, 0.5) is 0 Å². The van der Waals surface area contributed by atoms with Crippen LogP contribution in [-0.2, 0) is 4.79 Å². The average Bonchev–Trinajstić information content (AvgIpc) is 2.96. The molecular weight excluding hydrogens is 186 g/mol. The quantitative estimate of drug-likeness (QED) is 0.547. The molecule has 0 aromatic heterocycles. The van der Waals surface area contributed by atoms with E-state index in [1.807, 2.05) is 0 Å². The van der Waals surface area contributed by atoms with E-state index in [9.17, 15) is 4.79 Å². The van der Waals surface area contributed by atoms with Gasteiger partial charge in [-0.05, 0) is 58.0 Å². The molecule has 1 saturated carbocycles. The number of hydrogen-bond donors (Lipinski definition) is 0. The minimum atomic E-state index is 0.333. The SMILES string of the molecule is CCCN(CCCCC(C)=O)CC1CC1. The minimum Gasteiger partial charge on any atom is -0.303 e. The third-order valence-electron chi connectivity index (χ3n) is 3.01. The number of nitrogens with zero attached hydrogens (tertiary/aromatic N) is 1. The highest BCUT2D eigenvalue weighted by molar-refractivity contribution is 5.75. The van der Waals surface area contributed by atoms with Crippen LogP contribution in [0.5, 0.6) is 0 Å². The number of unbranched alkanes of at least 4 members (excludes halogenated alkanes) is 1. The maximum atomic E-state index is 10.8. The van der Waals surface area contributed by atoms with Crippen molar-refractivity contribution in [2.45, 2.75) is 52.4 Å². The van der Waals surface area contributed by atoms with Crippen LogP contribution in [0.25, 0.3) is 0 Å². The number of carbonyl (C=O) groups is 1. The van der Waals surface area contributed by atoms with Crippen molar-refractivity contribution in [1.82, 2.24) is 4.90 Å². The molecule has 0 amide bonds. The van der Waals surface area contributed by atoms with Gasteiger partial charge in [0.25, 0.3) is 0 Å². The summed E-state index contributed by atoms with van der Waals surface area (Å²) in [6, 6.07) is 0. The first-order chi connectivity index (χ1) is 7.22. The monoisotopic (exact) mass is 211 g/mol. The molecule has 15 heavy (non-hydrogen) atoms. The first-order valence-corrected chi connectivity index (χ1v) is 6.44. The molecule has 0 aromatic carbocycles. The zero-order chi connectivity index (χ0) is 11.1. The third kappa shape index (κ3) is 6.67. The zero-order valence-electron chi connectivity index (χ0n) is 10.3. The highest BCUT2D eigenvalue weighted by Gasteiger charge is 2.23. The summed E-state index contributed by atoms with van der Waals surface area (Å²) in [5, 5.41) is 0. The summed E-state index contributed by atoms with van der Waals surface area (Å²) in [6.07, 6.45) is 7.15. The highest BCUT2D eigenvalue weighted by atomic mass is 16.1. The number of Topliss-reactive ketones (excluding diaryl/α,β-unsaturated/α-hetero) is 1. The number of ketones is 1.